The van der Waals surface area contributed by atoms with Gasteiger partial charge in [-0.15, -0.1) is 0 Å². The Balaban J connectivity index is 1.66. The van der Waals surface area contributed by atoms with Gasteiger partial charge in [-0.25, -0.2) is 4.79 Å². The number of benzene rings is 2. The summed E-state index contributed by atoms with van der Waals surface area (Å²) in [5.74, 6) is 0.308. The van der Waals surface area contributed by atoms with Crippen LogP contribution >= 0.6 is 11.6 Å². The predicted molar refractivity (Wildman–Crippen MR) is 114 cm³/mol. The summed E-state index contributed by atoms with van der Waals surface area (Å²) in [7, 11) is 1.37. The van der Waals surface area contributed by atoms with Gasteiger partial charge < -0.3 is 14.6 Å². The molecule has 1 aliphatic carbocycles. The number of nitrogens with zero attached hydrogens (tertiary/aromatic N) is 1. The minimum atomic E-state index is -0.365. The van der Waals surface area contributed by atoms with Crippen molar-refractivity contribution >= 4 is 23.6 Å². The van der Waals surface area contributed by atoms with E-state index >= 15 is 0 Å². The third-order valence-corrected chi connectivity index (χ3v) is 5.44. The number of para-hydroxylation sites is 1. The highest BCUT2D eigenvalue weighted by atomic mass is 35.5. The highest BCUT2D eigenvalue weighted by Gasteiger charge is 2.27. The number of carbonyl (C=O) groups is 1. The van der Waals surface area contributed by atoms with Crippen LogP contribution in [0.3, 0.4) is 0 Å². The molecule has 0 radical (unpaired) electrons. The van der Waals surface area contributed by atoms with E-state index in [1.807, 2.05) is 30.3 Å². The number of rotatable bonds is 9. The SMILES string of the molecule is COC(=O)/C=C/c1ccc2c(c1)CCC2N(CCO)CCOc1ccccc1Cl. The Labute approximate surface area is 176 Å². The smallest absolute Gasteiger partial charge is 0.330 e. The summed E-state index contributed by atoms with van der Waals surface area (Å²) in [6.45, 7) is 1.87. The van der Waals surface area contributed by atoms with Crippen LogP contribution in [0.25, 0.3) is 6.08 Å². The first-order chi connectivity index (χ1) is 14.1. The van der Waals surface area contributed by atoms with Gasteiger partial charge in [0.1, 0.15) is 12.4 Å². The van der Waals surface area contributed by atoms with E-state index in [0.29, 0.717) is 30.5 Å². The van der Waals surface area contributed by atoms with Crippen molar-refractivity contribution in [1.82, 2.24) is 4.90 Å². The number of aliphatic hydroxyl groups is 1. The van der Waals surface area contributed by atoms with Gasteiger partial charge in [-0.2, -0.15) is 0 Å². The highest BCUT2D eigenvalue weighted by molar-refractivity contribution is 6.32. The van der Waals surface area contributed by atoms with E-state index in [-0.39, 0.29) is 18.6 Å². The normalized spacial score (nSPS) is 15.7. The van der Waals surface area contributed by atoms with Crippen molar-refractivity contribution in [2.75, 3.05) is 33.4 Å². The molecule has 0 aliphatic heterocycles. The molecule has 154 valence electrons. The molecular weight excluding hydrogens is 390 g/mol. The standard InChI is InChI=1S/C23H26ClNO4/c1-28-23(27)11-7-17-6-9-19-18(16-17)8-10-21(19)25(12-14-26)13-15-29-22-5-3-2-4-20(22)24/h2-7,9,11,16,21,26H,8,10,12-15H2,1H3/b11-7+. The monoisotopic (exact) mass is 415 g/mol. The van der Waals surface area contributed by atoms with Gasteiger partial charge in [0.2, 0.25) is 0 Å². The van der Waals surface area contributed by atoms with Gasteiger partial charge >= 0.3 is 5.97 Å². The Hall–Kier alpha value is -2.34. The third-order valence-electron chi connectivity index (χ3n) is 5.13. The fraction of sp³-hybridized carbons (Fsp3) is 0.348. The van der Waals surface area contributed by atoms with Crippen LogP contribution in [0, 0.1) is 0 Å². The average Bonchev–Trinajstić information content (AvgIpc) is 3.15. The molecule has 5 nitrogen and oxygen atoms in total. The Bertz CT molecular complexity index is 868. The molecule has 0 fully saturated rings. The summed E-state index contributed by atoms with van der Waals surface area (Å²) in [5.41, 5.74) is 3.52. The van der Waals surface area contributed by atoms with Crippen molar-refractivity contribution in [2.45, 2.75) is 18.9 Å². The van der Waals surface area contributed by atoms with Crippen molar-refractivity contribution in [3.63, 3.8) is 0 Å². The Morgan fingerprint density at radius 2 is 2.10 bits per heavy atom. The van der Waals surface area contributed by atoms with Crippen LogP contribution in [-0.4, -0.2) is 49.4 Å². The summed E-state index contributed by atoms with van der Waals surface area (Å²) in [4.78, 5) is 13.6. The van der Waals surface area contributed by atoms with Gasteiger partial charge in [-0.05, 0) is 47.7 Å². The van der Waals surface area contributed by atoms with Crippen LogP contribution in [0.2, 0.25) is 5.02 Å². The third kappa shape index (κ3) is 5.60. The molecule has 0 heterocycles. The van der Waals surface area contributed by atoms with Crippen molar-refractivity contribution < 1.29 is 19.4 Å². The maximum atomic E-state index is 11.3. The molecule has 0 aromatic heterocycles. The fourth-order valence-corrected chi connectivity index (χ4v) is 3.91. The zero-order chi connectivity index (χ0) is 20.6. The average molecular weight is 416 g/mol. The minimum absolute atomic E-state index is 0.0951. The molecule has 1 unspecified atom stereocenters. The quantitative estimate of drug-likeness (QED) is 0.497. The second kappa shape index (κ2) is 10.4. The van der Waals surface area contributed by atoms with E-state index in [1.54, 1.807) is 6.08 Å². The van der Waals surface area contributed by atoms with Gasteiger partial charge in [0.05, 0.1) is 18.7 Å². The van der Waals surface area contributed by atoms with Crippen LogP contribution in [0.4, 0.5) is 0 Å². The zero-order valence-corrected chi connectivity index (χ0v) is 17.3. The Morgan fingerprint density at radius 3 is 2.86 bits per heavy atom. The van der Waals surface area contributed by atoms with Crippen molar-refractivity contribution in [1.29, 1.82) is 0 Å². The van der Waals surface area contributed by atoms with E-state index < -0.39 is 0 Å². The molecule has 29 heavy (non-hydrogen) atoms. The van der Waals surface area contributed by atoms with Gasteiger partial charge in [-0.3, -0.25) is 4.90 Å². The number of methoxy groups -OCH3 is 1. The summed E-state index contributed by atoms with van der Waals surface area (Å²) >= 11 is 6.15. The molecule has 0 bridgehead atoms. The molecule has 0 amide bonds. The summed E-state index contributed by atoms with van der Waals surface area (Å²) in [6.07, 6.45) is 5.15. The molecule has 0 saturated carbocycles. The lowest BCUT2D eigenvalue weighted by atomic mass is 10.0. The minimum Gasteiger partial charge on any atom is -0.491 e. The molecule has 3 rings (SSSR count). The number of carbonyl (C=O) groups excluding carboxylic acids is 1. The van der Waals surface area contributed by atoms with Gasteiger partial charge in [0.15, 0.2) is 0 Å². The number of hydrogen-bond donors (Lipinski definition) is 1. The second-order valence-corrected chi connectivity index (χ2v) is 7.31. The number of hydrogen-bond acceptors (Lipinski definition) is 5. The number of fused-ring (bicyclic) bond motifs is 1. The predicted octanol–water partition coefficient (Wildman–Crippen LogP) is 3.89. The first-order valence-corrected chi connectivity index (χ1v) is 10.1. The first kappa shape index (κ1) is 21.4. The fourth-order valence-electron chi connectivity index (χ4n) is 3.72. The van der Waals surface area contributed by atoms with Crippen LogP contribution in [0.5, 0.6) is 5.75 Å². The van der Waals surface area contributed by atoms with E-state index in [9.17, 15) is 9.90 Å². The lowest BCUT2D eigenvalue weighted by Gasteiger charge is -2.29. The summed E-state index contributed by atoms with van der Waals surface area (Å²) in [5, 5.41) is 10.1. The van der Waals surface area contributed by atoms with Crippen LogP contribution in [0.1, 0.15) is 29.2 Å². The van der Waals surface area contributed by atoms with Gasteiger partial charge in [0.25, 0.3) is 0 Å². The Kier molecular flexibility index (Phi) is 7.69. The molecule has 1 atom stereocenters. The summed E-state index contributed by atoms with van der Waals surface area (Å²) < 4.78 is 10.5. The lowest BCUT2D eigenvalue weighted by Crippen LogP contribution is -2.34. The Morgan fingerprint density at radius 1 is 1.28 bits per heavy atom. The number of aliphatic hydroxyl groups excluding tert-OH is 1. The van der Waals surface area contributed by atoms with Crippen LogP contribution in [-0.2, 0) is 16.0 Å². The van der Waals surface area contributed by atoms with E-state index in [2.05, 4.69) is 21.8 Å². The van der Waals surface area contributed by atoms with Gasteiger partial charge in [0, 0.05) is 25.2 Å². The van der Waals surface area contributed by atoms with E-state index in [0.717, 1.165) is 18.4 Å². The molecule has 2 aromatic carbocycles. The zero-order valence-electron chi connectivity index (χ0n) is 16.5. The first-order valence-electron chi connectivity index (χ1n) is 9.73. The number of aryl methyl sites for hydroxylation is 1. The molecule has 2 aromatic rings. The maximum Gasteiger partial charge on any atom is 0.330 e. The second-order valence-electron chi connectivity index (χ2n) is 6.91. The molecule has 0 saturated heterocycles. The summed E-state index contributed by atoms with van der Waals surface area (Å²) in [6, 6.07) is 13.9. The highest BCUT2D eigenvalue weighted by Crippen LogP contribution is 2.36. The van der Waals surface area contributed by atoms with Gasteiger partial charge in [-0.1, -0.05) is 41.9 Å². The van der Waals surface area contributed by atoms with Crippen molar-refractivity contribution in [3.8, 4) is 5.75 Å². The van der Waals surface area contributed by atoms with Crippen LogP contribution < -0.4 is 4.74 Å². The van der Waals surface area contributed by atoms with Crippen molar-refractivity contribution in [3.05, 3.63) is 70.3 Å². The largest absolute Gasteiger partial charge is 0.491 e. The number of esters is 1. The molecule has 0 spiro atoms. The topological polar surface area (TPSA) is 59.0 Å². The number of halogens is 1. The lowest BCUT2D eigenvalue weighted by molar-refractivity contribution is -0.134. The van der Waals surface area contributed by atoms with E-state index in [4.69, 9.17) is 16.3 Å². The van der Waals surface area contributed by atoms with E-state index in [1.165, 1.54) is 24.3 Å². The number of ether oxygens (including phenoxy) is 2. The van der Waals surface area contributed by atoms with Crippen molar-refractivity contribution in [2.24, 2.45) is 0 Å². The molecule has 1 N–H and O–H groups in total. The van der Waals surface area contributed by atoms with Crippen LogP contribution in [0.15, 0.2) is 48.5 Å². The molecular formula is C23H26ClNO4. The maximum absolute atomic E-state index is 11.3. The molecule has 1 aliphatic rings. The molecule has 6 heteroatoms.